The van der Waals surface area contributed by atoms with Crippen LogP contribution >= 0.6 is 11.8 Å². The molecule has 1 saturated heterocycles. The van der Waals surface area contributed by atoms with Crippen molar-refractivity contribution in [1.29, 1.82) is 0 Å². The maximum Gasteiger partial charge on any atom is 0.416 e. The van der Waals surface area contributed by atoms with Crippen LogP contribution < -0.4 is 9.47 Å². The Kier molecular flexibility index (Phi) is 8.70. The van der Waals surface area contributed by atoms with Gasteiger partial charge in [0.2, 0.25) is 0 Å². The van der Waals surface area contributed by atoms with E-state index in [-0.39, 0.29) is 25.3 Å². The van der Waals surface area contributed by atoms with Gasteiger partial charge in [-0.2, -0.15) is 13.2 Å². The van der Waals surface area contributed by atoms with Crippen molar-refractivity contribution in [3.8, 4) is 11.5 Å². The molecule has 0 amide bonds. The van der Waals surface area contributed by atoms with Gasteiger partial charge in [-0.3, -0.25) is 0 Å². The summed E-state index contributed by atoms with van der Waals surface area (Å²) in [5.41, 5.74) is 0.295. The van der Waals surface area contributed by atoms with Crippen LogP contribution in [0, 0.1) is 6.92 Å². The Labute approximate surface area is 190 Å². The summed E-state index contributed by atoms with van der Waals surface area (Å²) in [7, 11) is 0. The third kappa shape index (κ3) is 7.30. The van der Waals surface area contributed by atoms with E-state index in [4.69, 9.17) is 23.7 Å². The zero-order valence-electron chi connectivity index (χ0n) is 18.2. The normalized spacial score (nSPS) is 19.3. The van der Waals surface area contributed by atoms with Gasteiger partial charge in [0.05, 0.1) is 5.56 Å². The zero-order valence-corrected chi connectivity index (χ0v) is 19.0. The largest absolute Gasteiger partial charge is 0.491 e. The minimum atomic E-state index is -4.36. The van der Waals surface area contributed by atoms with Gasteiger partial charge >= 0.3 is 6.18 Å². The predicted octanol–water partition coefficient (Wildman–Crippen LogP) is 5.69. The van der Waals surface area contributed by atoms with Gasteiger partial charge in [0.15, 0.2) is 12.6 Å². The summed E-state index contributed by atoms with van der Waals surface area (Å²) in [5.74, 6) is 1.78. The van der Waals surface area contributed by atoms with E-state index in [2.05, 4.69) is 0 Å². The lowest BCUT2D eigenvalue weighted by Crippen LogP contribution is -2.42. The van der Waals surface area contributed by atoms with E-state index >= 15 is 0 Å². The molecule has 1 aliphatic rings. The minimum absolute atomic E-state index is 0.176. The fourth-order valence-electron chi connectivity index (χ4n) is 3.05. The second-order valence-electron chi connectivity index (χ2n) is 7.23. The Hall–Kier alpha value is -1.94. The third-order valence-corrected chi connectivity index (χ3v) is 5.79. The summed E-state index contributed by atoms with van der Waals surface area (Å²) in [4.78, 5) is 1.05. The van der Waals surface area contributed by atoms with Crippen LogP contribution in [0.25, 0.3) is 0 Å². The Bertz CT molecular complexity index is 854. The van der Waals surface area contributed by atoms with Gasteiger partial charge in [0, 0.05) is 17.3 Å². The summed E-state index contributed by atoms with van der Waals surface area (Å²) >= 11 is 1.61. The molecule has 1 atom stereocenters. The molecule has 5 nitrogen and oxygen atoms in total. The number of rotatable bonds is 11. The van der Waals surface area contributed by atoms with E-state index in [9.17, 15) is 13.2 Å². The molecular formula is C23H27F3O5S. The summed E-state index contributed by atoms with van der Waals surface area (Å²) in [6.45, 7) is 6.79. The number of benzene rings is 2. The van der Waals surface area contributed by atoms with Gasteiger partial charge in [-0.15, -0.1) is 11.8 Å². The third-order valence-electron chi connectivity index (χ3n) is 4.66. The number of aryl methyl sites for hydroxylation is 1. The quantitative estimate of drug-likeness (QED) is 0.392. The molecule has 0 N–H and O–H groups in total. The molecule has 9 heteroatoms. The van der Waals surface area contributed by atoms with Crippen molar-refractivity contribution < 1.29 is 36.9 Å². The highest BCUT2D eigenvalue weighted by atomic mass is 32.2. The molecule has 0 aromatic heterocycles. The molecule has 2 aromatic rings. The fourth-order valence-corrected chi connectivity index (χ4v) is 4.04. The summed E-state index contributed by atoms with van der Waals surface area (Å²) in [5, 5.41) is 0. The van der Waals surface area contributed by atoms with Crippen LogP contribution in [0.3, 0.4) is 0 Å². The van der Waals surface area contributed by atoms with Crippen molar-refractivity contribution >= 4 is 11.8 Å². The van der Waals surface area contributed by atoms with Crippen molar-refractivity contribution in [1.82, 2.24) is 0 Å². The Morgan fingerprint density at radius 3 is 2.38 bits per heavy atom. The van der Waals surface area contributed by atoms with Gasteiger partial charge in [-0.1, -0.05) is 0 Å². The SMILES string of the molecule is CCO[C@@H](COc1ccc(C(F)(F)F)cc1)CSc1ccc(OCC2OC(C)O2)c(C)c1. The molecule has 0 saturated carbocycles. The number of thioether (sulfide) groups is 1. The molecular weight excluding hydrogens is 445 g/mol. The number of hydrogen-bond donors (Lipinski definition) is 0. The molecule has 1 heterocycles. The molecule has 1 fully saturated rings. The van der Waals surface area contributed by atoms with Crippen molar-refractivity contribution in [3.05, 3.63) is 53.6 Å². The lowest BCUT2D eigenvalue weighted by atomic mass is 10.2. The molecule has 0 aliphatic carbocycles. The molecule has 32 heavy (non-hydrogen) atoms. The highest BCUT2D eigenvalue weighted by molar-refractivity contribution is 7.99. The topological polar surface area (TPSA) is 46.2 Å². The van der Waals surface area contributed by atoms with E-state index in [1.165, 1.54) is 12.1 Å². The summed E-state index contributed by atoms with van der Waals surface area (Å²) in [6, 6.07) is 10.6. The number of ether oxygens (including phenoxy) is 5. The van der Waals surface area contributed by atoms with Gasteiger partial charge in [0.25, 0.3) is 0 Å². The molecule has 0 bridgehead atoms. The number of alkyl halides is 3. The van der Waals surface area contributed by atoms with Crippen LogP contribution in [0.4, 0.5) is 13.2 Å². The Morgan fingerprint density at radius 2 is 1.78 bits per heavy atom. The summed E-state index contributed by atoms with van der Waals surface area (Å²) in [6.07, 6.45) is -5.07. The highest BCUT2D eigenvalue weighted by Gasteiger charge is 2.30. The fraction of sp³-hybridized carbons (Fsp3) is 0.478. The first-order chi connectivity index (χ1) is 15.2. The molecule has 0 spiro atoms. The lowest BCUT2D eigenvalue weighted by molar-refractivity contribution is -0.380. The predicted molar refractivity (Wildman–Crippen MR) is 115 cm³/mol. The van der Waals surface area contributed by atoms with Crippen molar-refractivity contribution in [2.24, 2.45) is 0 Å². The van der Waals surface area contributed by atoms with E-state index in [0.717, 1.165) is 28.3 Å². The van der Waals surface area contributed by atoms with Crippen LogP contribution in [0.5, 0.6) is 11.5 Å². The molecule has 2 aromatic carbocycles. The monoisotopic (exact) mass is 472 g/mol. The van der Waals surface area contributed by atoms with Gasteiger partial charge < -0.3 is 23.7 Å². The van der Waals surface area contributed by atoms with Crippen molar-refractivity contribution in [3.63, 3.8) is 0 Å². The minimum Gasteiger partial charge on any atom is -0.491 e. The molecule has 0 radical (unpaired) electrons. The van der Waals surface area contributed by atoms with Crippen LogP contribution in [0.15, 0.2) is 47.4 Å². The van der Waals surface area contributed by atoms with Crippen LogP contribution in [0.1, 0.15) is 25.0 Å². The smallest absolute Gasteiger partial charge is 0.416 e. The second-order valence-corrected chi connectivity index (χ2v) is 8.32. The first kappa shape index (κ1) is 24.7. The Balaban J connectivity index is 1.47. The maximum atomic E-state index is 12.7. The number of hydrogen-bond acceptors (Lipinski definition) is 6. The lowest BCUT2D eigenvalue weighted by Gasteiger charge is -2.33. The van der Waals surface area contributed by atoms with Crippen LogP contribution in [-0.4, -0.2) is 44.3 Å². The maximum absolute atomic E-state index is 12.7. The average Bonchev–Trinajstić information content (AvgIpc) is 2.73. The number of halogens is 3. The van der Waals surface area contributed by atoms with E-state index in [0.29, 0.717) is 24.7 Å². The van der Waals surface area contributed by atoms with Gasteiger partial charge in [0.1, 0.15) is 30.8 Å². The standard InChI is InChI=1S/C23H27F3O5S/c1-4-27-19(12-28-18-7-5-17(6-8-18)23(24,25)26)14-32-20-9-10-21(15(2)11-20)29-13-22-30-16(3)31-22/h5-11,16,19,22H,4,12-14H2,1-3H3/t16?,19-,22?/m0/s1. The van der Waals surface area contributed by atoms with Crippen molar-refractivity contribution in [2.45, 2.75) is 50.5 Å². The summed E-state index contributed by atoms with van der Waals surface area (Å²) < 4.78 is 65.9. The average molecular weight is 473 g/mol. The van der Waals surface area contributed by atoms with E-state index in [1.54, 1.807) is 11.8 Å². The van der Waals surface area contributed by atoms with Gasteiger partial charge in [-0.05, 0) is 68.8 Å². The molecule has 3 rings (SSSR count). The van der Waals surface area contributed by atoms with Crippen molar-refractivity contribution in [2.75, 3.05) is 25.6 Å². The molecule has 1 aliphatic heterocycles. The van der Waals surface area contributed by atoms with Crippen LogP contribution in [0.2, 0.25) is 0 Å². The molecule has 0 unspecified atom stereocenters. The highest BCUT2D eigenvalue weighted by Crippen LogP contribution is 2.31. The zero-order chi connectivity index (χ0) is 23.1. The second kappa shape index (κ2) is 11.3. The van der Waals surface area contributed by atoms with E-state index < -0.39 is 11.7 Å². The Morgan fingerprint density at radius 1 is 1.06 bits per heavy atom. The first-order valence-electron chi connectivity index (χ1n) is 10.3. The van der Waals surface area contributed by atoms with Crippen LogP contribution in [-0.2, 0) is 20.4 Å². The molecule has 176 valence electrons. The van der Waals surface area contributed by atoms with E-state index in [1.807, 2.05) is 39.0 Å². The first-order valence-corrected chi connectivity index (χ1v) is 11.3. The van der Waals surface area contributed by atoms with Gasteiger partial charge in [-0.25, -0.2) is 0 Å².